The second kappa shape index (κ2) is 5.30. The predicted octanol–water partition coefficient (Wildman–Crippen LogP) is 0.173. The summed E-state index contributed by atoms with van der Waals surface area (Å²) >= 11 is 0. The zero-order chi connectivity index (χ0) is 13.1. The van der Waals surface area contributed by atoms with Gasteiger partial charge >= 0.3 is 0 Å². The van der Waals surface area contributed by atoms with E-state index in [1.165, 1.54) is 6.20 Å². The van der Waals surface area contributed by atoms with Crippen molar-refractivity contribution in [2.75, 3.05) is 18.0 Å². The van der Waals surface area contributed by atoms with Gasteiger partial charge in [0.25, 0.3) is 5.91 Å². The van der Waals surface area contributed by atoms with E-state index in [9.17, 15) is 9.90 Å². The number of rotatable bonds is 3. The van der Waals surface area contributed by atoms with Crippen LogP contribution in [0.4, 0.5) is 5.82 Å². The number of nitrogens with zero attached hydrogens (tertiary/aromatic N) is 3. The molecule has 6 heteroatoms. The molecule has 1 fully saturated rings. The Morgan fingerprint density at radius 1 is 1.61 bits per heavy atom. The van der Waals surface area contributed by atoms with E-state index in [1.807, 2.05) is 4.90 Å². The molecule has 1 aliphatic heterocycles. The molecule has 3 N–H and O–H groups in total. The molecule has 1 saturated heterocycles. The Bertz CT molecular complexity index is 436. The second-order valence-electron chi connectivity index (χ2n) is 4.72. The molecule has 0 aromatic carbocycles. The number of amides is 1. The minimum atomic E-state index is -0.576. The van der Waals surface area contributed by atoms with Crippen LogP contribution in [-0.4, -0.2) is 40.2 Å². The van der Waals surface area contributed by atoms with Crippen molar-refractivity contribution in [1.82, 2.24) is 9.97 Å². The Kier molecular flexibility index (Phi) is 3.76. The monoisotopic (exact) mass is 250 g/mol. The van der Waals surface area contributed by atoms with Crippen LogP contribution in [0, 0.1) is 5.92 Å². The molecular weight excluding hydrogens is 232 g/mol. The Morgan fingerprint density at radius 3 is 3.06 bits per heavy atom. The maximum Gasteiger partial charge on any atom is 0.268 e. The van der Waals surface area contributed by atoms with Crippen LogP contribution >= 0.6 is 0 Å². The summed E-state index contributed by atoms with van der Waals surface area (Å²) in [5.41, 5.74) is 5.36. The van der Waals surface area contributed by atoms with Crippen molar-refractivity contribution in [1.29, 1.82) is 0 Å². The van der Waals surface area contributed by atoms with E-state index < -0.39 is 5.91 Å². The van der Waals surface area contributed by atoms with Gasteiger partial charge in [0.15, 0.2) is 0 Å². The van der Waals surface area contributed by atoms with Crippen LogP contribution in [0.1, 0.15) is 30.3 Å². The van der Waals surface area contributed by atoms with Crippen molar-refractivity contribution in [2.45, 2.75) is 25.9 Å². The topological polar surface area (TPSA) is 92.3 Å². The first-order valence-electron chi connectivity index (χ1n) is 6.13. The number of aliphatic hydroxyl groups is 1. The van der Waals surface area contributed by atoms with Gasteiger partial charge < -0.3 is 15.7 Å². The van der Waals surface area contributed by atoms with Gasteiger partial charge in [-0.15, -0.1) is 0 Å². The number of carbonyl (C=O) groups excluding carboxylic acids is 1. The Labute approximate surface area is 106 Å². The molecule has 0 bridgehead atoms. The summed E-state index contributed by atoms with van der Waals surface area (Å²) in [6, 6.07) is 0. The van der Waals surface area contributed by atoms with Crippen LogP contribution in [0.2, 0.25) is 0 Å². The van der Waals surface area contributed by atoms with Crippen LogP contribution in [0.5, 0.6) is 0 Å². The van der Waals surface area contributed by atoms with Crippen molar-refractivity contribution in [3.05, 3.63) is 18.1 Å². The van der Waals surface area contributed by atoms with Crippen LogP contribution in [-0.2, 0) is 0 Å². The number of piperidine rings is 1. The van der Waals surface area contributed by atoms with Crippen LogP contribution in [0.15, 0.2) is 12.4 Å². The lowest BCUT2D eigenvalue weighted by molar-refractivity contribution is 0.0994. The van der Waals surface area contributed by atoms with Gasteiger partial charge in [0.05, 0.1) is 18.5 Å². The van der Waals surface area contributed by atoms with Gasteiger partial charge in [-0.2, -0.15) is 0 Å². The fourth-order valence-electron chi connectivity index (χ4n) is 2.24. The molecule has 0 aliphatic carbocycles. The van der Waals surface area contributed by atoms with Gasteiger partial charge in [-0.3, -0.25) is 9.78 Å². The van der Waals surface area contributed by atoms with E-state index in [4.69, 9.17) is 5.73 Å². The first kappa shape index (κ1) is 12.8. The Morgan fingerprint density at radius 2 is 2.39 bits per heavy atom. The summed E-state index contributed by atoms with van der Waals surface area (Å²) < 4.78 is 0. The molecule has 18 heavy (non-hydrogen) atoms. The average Bonchev–Trinajstić information content (AvgIpc) is 2.39. The summed E-state index contributed by atoms with van der Waals surface area (Å²) in [7, 11) is 0. The smallest absolute Gasteiger partial charge is 0.268 e. The molecular formula is C12H18N4O2. The van der Waals surface area contributed by atoms with E-state index in [-0.39, 0.29) is 17.7 Å². The summed E-state index contributed by atoms with van der Waals surface area (Å²) in [6.07, 6.45) is 4.66. The quantitative estimate of drug-likeness (QED) is 0.798. The maximum absolute atomic E-state index is 11.1. The lowest BCUT2D eigenvalue weighted by Crippen LogP contribution is -2.40. The molecule has 1 amide bonds. The Hall–Kier alpha value is -1.69. The van der Waals surface area contributed by atoms with Gasteiger partial charge in [-0.25, -0.2) is 4.98 Å². The van der Waals surface area contributed by atoms with E-state index in [1.54, 1.807) is 13.1 Å². The number of hydrogen-bond donors (Lipinski definition) is 2. The normalized spacial score (nSPS) is 21.7. The summed E-state index contributed by atoms with van der Waals surface area (Å²) in [5.74, 6) is 0.308. The fourth-order valence-corrected chi connectivity index (χ4v) is 2.24. The fraction of sp³-hybridized carbons (Fsp3) is 0.583. The van der Waals surface area contributed by atoms with Crippen molar-refractivity contribution in [3.8, 4) is 0 Å². The van der Waals surface area contributed by atoms with Crippen molar-refractivity contribution < 1.29 is 9.90 Å². The largest absolute Gasteiger partial charge is 0.393 e. The van der Waals surface area contributed by atoms with Crippen LogP contribution in [0.3, 0.4) is 0 Å². The first-order chi connectivity index (χ1) is 8.58. The zero-order valence-corrected chi connectivity index (χ0v) is 10.4. The molecule has 2 rings (SSSR count). The number of aromatic nitrogens is 2. The third kappa shape index (κ3) is 2.76. The summed E-state index contributed by atoms with van der Waals surface area (Å²) in [6.45, 7) is 3.40. The zero-order valence-electron chi connectivity index (χ0n) is 10.4. The molecule has 0 radical (unpaired) electrons. The van der Waals surface area contributed by atoms with Gasteiger partial charge in [-0.05, 0) is 19.8 Å². The molecule has 2 unspecified atom stereocenters. The number of primary amides is 1. The summed E-state index contributed by atoms with van der Waals surface area (Å²) in [5, 5.41) is 9.65. The highest BCUT2D eigenvalue weighted by Gasteiger charge is 2.24. The SMILES string of the molecule is CC(O)C1CCCN(c2cncc(C(N)=O)n2)C1. The molecule has 0 spiro atoms. The third-order valence-electron chi connectivity index (χ3n) is 3.34. The number of aliphatic hydroxyl groups excluding tert-OH is 1. The standard InChI is InChI=1S/C12H18N4O2/c1-8(17)9-3-2-4-16(7-9)11-6-14-5-10(15-11)12(13)18/h5-6,8-9,17H,2-4,7H2,1H3,(H2,13,18). The molecule has 98 valence electrons. The number of nitrogens with two attached hydrogens (primary N) is 1. The van der Waals surface area contributed by atoms with E-state index in [0.29, 0.717) is 5.82 Å². The highest BCUT2D eigenvalue weighted by Crippen LogP contribution is 2.23. The second-order valence-corrected chi connectivity index (χ2v) is 4.72. The maximum atomic E-state index is 11.1. The van der Waals surface area contributed by atoms with Crippen LogP contribution in [0.25, 0.3) is 0 Å². The summed E-state index contributed by atoms with van der Waals surface area (Å²) in [4.78, 5) is 21.3. The predicted molar refractivity (Wildman–Crippen MR) is 67.2 cm³/mol. The molecule has 0 saturated carbocycles. The molecule has 1 aromatic rings. The molecule has 1 aliphatic rings. The van der Waals surface area contributed by atoms with Crippen molar-refractivity contribution in [2.24, 2.45) is 11.7 Å². The van der Waals surface area contributed by atoms with Gasteiger partial charge in [0.1, 0.15) is 11.5 Å². The number of anilines is 1. The van der Waals surface area contributed by atoms with E-state index in [0.717, 1.165) is 25.9 Å². The molecule has 6 nitrogen and oxygen atoms in total. The number of hydrogen-bond acceptors (Lipinski definition) is 5. The highest BCUT2D eigenvalue weighted by atomic mass is 16.3. The third-order valence-corrected chi connectivity index (χ3v) is 3.34. The lowest BCUT2D eigenvalue weighted by Gasteiger charge is -2.34. The van der Waals surface area contributed by atoms with Gasteiger partial charge in [0, 0.05) is 19.0 Å². The average molecular weight is 250 g/mol. The van der Waals surface area contributed by atoms with Gasteiger partial charge in [-0.1, -0.05) is 0 Å². The highest BCUT2D eigenvalue weighted by molar-refractivity contribution is 5.90. The van der Waals surface area contributed by atoms with E-state index >= 15 is 0 Å². The molecule has 2 atom stereocenters. The van der Waals surface area contributed by atoms with Crippen LogP contribution < -0.4 is 10.6 Å². The van der Waals surface area contributed by atoms with Gasteiger partial charge in [0.2, 0.25) is 0 Å². The van der Waals surface area contributed by atoms with Crippen molar-refractivity contribution >= 4 is 11.7 Å². The molecule has 1 aromatic heterocycles. The van der Waals surface area contributed by atoms with Crippen molar-refractivity contribution in [3.63, 3.8) is 0 Å². The molecule has 2 heterocycles. The first-order valence-corrected chi connectivity index (χ1v) is 6.13. The number of carbonyl (C=O) groups is 1. The Balaban J connectivity index is 2.15. The minimum Gasteiger partial charge on any atom is -0.393 e. The lowest BCUT2D eigenvalue weighted by atomic mass is 9.93. The minimum absolute atomic E-state index is 0.173. The van der Waals surface area contributed by atoms with E-state index in [2.05, 4.69) is 9.97 Å².